The Labute approximate surface area is 142 Å². The van der Waals surface area contributed by atoms with Gasteiger partial charge in [0.15, 0.2) is 0 Å². The highest BCUT2D eigenvalue weighted by Gasteiger charge is 2.14. The Kier molecular flexibility index (Phi) is 5.65. The highest BCUT2D eigenvalue weighted by Crippen LogP contribution is 2.32. The van der Waals surface area contributed by atoms with Gasteiger partial charge in [-0.2, -0.15) is 5.10 Å². The molecule has 0 aliphatic rings. The van der Waals surface area contributed by atoms with Crippen LogP contribution in [-0.2, 0) is 6.54 Å². The second-order valence-electron chi connectivity index (χ2n) is 6.15. The number of benzene rings is 1. The Morgan fingerprint density at radius 2 is 1.96 bits per heavy atom. The molecular formula is C17H24ClN3O2. The summed E-state index contributed by atoms with van der Waals surface area (Å²) in [5.41, 5.74) is 2.00. The molecule has 0 radical (unpaired) electrons. The second-order valence-corrected chi connectivity index (χ2v) is 6.55. The quantitative estimate of drug-likeness (QED) is 0.877. The van der Waals surface area contributed by atoms with Crippen LogP contribution in [0, 0.1) is 20.8 Å². The van der Waals surface area contributed by atoms with Crippen molar-refractivity contribution in [2.75, 3.05) is 6.61 Å². The molecule has 1 heterocycles. The Hall–Kier alpha value is -1.59. The fourth-order valence-corrected chi connectivity index (χ4v) is 2.59. The molecule has 6 heteroatoms. The molecular weight excluding hydrogens is 314 g/mol. The van der Waals surface area contributed by atoms with E-state index in [1.165, 1.54) is 0 Å². The van der Waals surface area contributed by atoms with Crippen molar-refractivity contribution in [1.82, 2.24) is 14.8 Å². The number of nitrogens with zero attached hydrogens (tertiary/aromatic N) is 3. The molecule has 5 nitrogen and oxygen atoms in total. The molecule has 1 N–H and O–H groups in total. The van der Waals surface area contributed by atoms with E-state index in [1.54, 1.807) is 4.68 Å². The summed E-state index contributed by atoms with van der Waals surface area (Å²) in [6.07, 6.45) is -0.661. The summed E-state index contributed by atoms with van der Waals surface area (Å²) in [6.45, 7) is 10.4. The van der Waals surface area contributed by atoms with Gasteiger partial charge < -0.3 is 9.84 Å². The van der Waals surface area contributed by atoms with Crippen molar-refractivity contribution in [2.24, 2.45) is 0 Å². The van der Waals surface area contributed by atoms with Crippen molar-refractivity contribution < 1.29 is 9.84 Å². The van der Waals surface area contributed by atoms with Gasteiger partial charge in [-0.3, -0.25) is 0 Å². The molecule has 0 bridgehead atoms. The van der Waals surface area contributed by atoms with Gasteiger partial charge in [0.1, 0.15) is 30.1 Å². The fraction of sp³-hybridized carbons (Fsp3) is 0.529. The highest BCUT2D eigenvalue weighted by atomic mass is 35.5. The smallest absolute Gasteiger partial charge is 0.147 e. The summed E-state index contributed by atoms with van der Waals surface area (Å²) in [4.78, 5) is 4.23. The molecule has 0 aliphatic carbocycles. The third kappa shape index (κ3) is 4.45. The largest absolute Gasteiger partial charge is 0.491 e. The number of hydrogen-bond acceptors (Lipinski definition) is 4. The van der Waals surface area contributed by atoms with Crippen LogP contribution in [0.15, 0.2) is 12.1 Å². The molecule has 1 atom stereocenters. The third-order valence-corrected chi connectivity index (χ3v) is 4.10. The number of ether oxygens (including phenoxy) is 1. The Morgan fingerprint density at radius 3 is 2.52 bits per heavy atom. The molecule has 0 unspecified atom stereocenters. The molecule has 1 aromatic heterocycles. The minimum Gasteiger partial charge on any atom is -0.491 e. The zero-order valence-electron chi connectivity index (χ0n) is 14.3. The number of aliphatic hydroxyl groups is 1. The lowest BCUT2D eigenvalue weighted by molar-refractivity contribution is 0.0880. The lowest BCUT2D eigenvalue weighted by Crippen LogP contribution is -2.25. The van der Waals surface area contributed by atoms with Crippen LogP contribution in [0.1, 0.15) is 42.5 Å². The molecule has 126 valence electrons. The van der Waals surface area contributed by atoms with E-state index in [2.05, 4.69) is 23.9 Å². The molecule has 1 aromatic carbocycles. The fourth-order valence-electron chi connectivity index (χ4n) is 2.42. The first-order valence-electron chi connectivity index (χ1n) is 7.77. The minimum absolute atomic E-state index is 0.194. The first kappa shape index (κ1) is 17.8. The highest BCUT2D eigenvalue weighted by molar-refractivity contribution is 6.31. The maximum absolute atomic E-state index is 10.2. The van der Waals surface area contributed by atoms with E-state index in [0.717, 1.165) is 27.7 Å². The van der Waals surface area contributed by atoms with Gasteiger partial charge in [0, 0.05) is 5.02 Å². The van der Waals surface area contributed by atoms with Gasteiger partial charge >= 0.3 is 0 Å². The van der Waals surface area contributed by atoms with Crippen molar-refractivity contribution in [2.45, 2.75) is 53.2 Å². The van der Waals surface area contributed by atoms with Crippen LogP contribution < -0.4 is 4.74 Å². The summed E-state index contributed by atoms with van der Waals surface area (Å²) in [7, 11) is 0. The van der Waals surface area contributed by atoms with E-state index < -0.39 is 6.10 Å². The topological polar surface area (TPSA) is 60.2 Å². The summed E-state index contributed by atoms with van der Waals surface area (Å²) >= 11 is 6.20. The third-order valence-electron chi connectivity index (χ3n) is 3.69. The average molecular weight is 338 g/mol. The van der Waals surface area contributed by atoms with E-state index in [0.29, 0.717) is 18.3 Å². The van der Waals surface area contributed by atoms with E-state index in [9.17, 15) is 5.11 Å². The number of halogens is 1. The average Bonchev–Trinajstić information content (AvgIpc) is 2.77. The maximum Gasteiger partial charge on any atom is 0.147 e. The van der Waals surface area contributed by atoms with Crippen molar-refractivity contribution in [3.05, 3.63) is 39.9 Å². The van der Waals surface area contributed by atoms with E-state index >= 15 is 0 Å². The predicted molar refractivity (Wildman–Crippen MR) is 91.3 cm³/mol. The van der Waals surface area contributed by atoms with Gasteiger partial charge in [0.25, 0.3) is 0 Å². The number of aryl methyl sites for hydroxylation is 3. The van der Waals surface area contributed by atoms with Crippen LogP contribution in [0.2, 0.25) is 5.02 Å². The molecule has 0 spiro atoms. The van der Waals surface area contributed by atoms with Gasteiger partial charge in [-0.25, -0.2) is 9.67 Å². The van der Waals surface area contributed by atoms with Gasteiger partial charge in [0.2, 0.25) is 0 Å². The Morgan fingerprint density at radius 1 is 1.26 bits per heavy atom. The molecule has 2 rings (SSSR count). The predicted octanol–water partition coefficient (Wildman–Crippen LogP) is 3.42. The van der Waals surface area contributed by atoms with Gasteiger partial charge in [-0.15, -0.1) is 0 Å². The van der Waals surface area contributed by atoms with Gasteiger partial charge in [-0.1, -0.05) is 25.4 Å². The minimum atomic E-state index is -0.661. The lowest BCUT2D eigenvalue weighted by atomic mass is 10.0. The first-order chi connectivity index (χ1) is 10.8. The summed E-state index contributed by atoms with van der Waals surface area (Å²) < 4.78 is 7.54. The van der Waals surface area contributed by atoms with E-state index in [-0.39, 0.29) is 6.61 Å². The van der Waals surface area contributed by atoms with Crippen molar-refractivity contribution >= 4 is 11.6 Å². The number of aliphatic hydroxyl groups excluding tert-OH is 1. The Balaban J connectivity index is 2.05. The number of rotatable bonds is 6. The molecule has 23 heavy (non-hydrogen) atoms. The second kappa shape index (κ2) is 7.32. The van der Waals surface area contributed by atoms with Crippen LogP contribution in [0.5, 0.6) is 5.75 Å². The lowest BCUT2D eigenvalue weighted by Gasteiger charge is -2.18. The molecule has 0 fully saturated rings. The van der Waals surface area contributed by atoms with Crippen molar-refractivity contribution in [1.29, 1.82) is 0 Å². The van der Waals surface area contributed by atoms with Crippen LogP contribution in [0.25, 0.3) is 0 Å². The molecule has 0 saturated heterocycles. The normalized spacial score (nSPS) is 12.7. The number of hydrogen-bond donors (Lipinski definition) is 1. The summed E-state index contributed by atoms with van der Waals surface area (Å²) in [6, 6.07) is 3.86. The van der Waals surface area contributed by atoms with E-state index in [4.69, 9.17) is 16.3 Å². The molecule has 0 aliphatic heterocycles. The van der Waals surface area contributed by atoms with Crippen LogP contribution in [-0.4, -0.2) is 32.6 Å². The zero-order valence-corrected chi connectivity index (χ0v) is 15.1. The summed E-state index contributed by atoms with van der Waals surface area (Å²) in [5, 5.41) is 15.2. The van der Waals surface area contributed by atoms with Crippen LogP contribution >= 0.6 is 11.6 Å². The molecule has 2 aromatic rings. The first-order valence-corrected chi connectivity index (χ1v) is 8.14. The van der Waals surface area contributed by atoms with Gasteiger partial charge in [0.05, 0.1) is 6.54 Å². The molecule has 0 saturated carbocycles. The van der Waals surface area contributed by atoms with Crippen LogP contribution in [0.3, 0.4) is 0 Å². The molecule has 0 amide bonds. The maximum atomic E-state index is 10.2. The SMILES string of the molecule is Cc1nc(C)n(C[C@@H](O)COc2cc(C)c(Cl)cc2C(C)C)n1. The Bertz CT molecular complexity index is 683. The van der Waals surface area contributed by atoms with Gasteiger partial charge in [-0.05, 0) is 49.9 Å². The zero-order chi connectivity index (χ0) is 17.1. The van der Waals surface area contributed by atoms with E-state index in [1.807, 2.05) is 32.9 Å². The van der Waals surface area contributed by atoms with Crippen LogP contribution in [0.4, 0.5) is 0 Å². The van der Waals surface area contributed by atoms with Crippen molar-refractivity contribution in [3.8, 4) is 5.75 Å². The standard InChI is InChI=1S/C17H24ClN3O2/c1-10(2)15-7-16(18)11(3)6-17(15)23-9-14(22)8-21-13(5)19-12(4)20-21/h6-7,10,14,22H,8-9H2,1-5H3/t14-/m1/s1. The monoisotopic (exact) mass is 337 g/mol. The van der Waals surface area contributed by atoms with Crippen molar-refractivity contribution in [3.63, 3.8) is 0 Å². The summed E-state index contributed by atoms with van der Waals surface area (Å²) in [5.74, 6) is 2.55. The number of aromatic nitrogens is 3.